The summed E-state index contributed by atoms with van der Waals surface area (Å²) in [5.41, 5.74) is 1.03. The van der Waals surface area contributed by atoms with Gasteiger partial charge in [0.1, 0.15) is 5.82 Å². The van der Waals surface area contributed by atoms with Crippen molar-refractivity contribution in [2.24, 2.45) is 0 Å². The molecular formula is C18H23N3OS. The van der Waals surface area contributed by atoms with Crippen LogP contribution in [0.4, 0.5) is 5.82 Å². The lowest BCUT2D eigenvalue weighted by atomic mass is 10.0. The minimum atomic E-state index is 0.205. The van der Waals surface area contributed by atoms with Crippen molar-refractivity contribution >= 4 is 23.1 Å². The van der Waals surface area contributed by atoms with E-state index in [0.717, 1.165) is 42.3 Å². The average molecular weight is 329 g/mol. The van der Waals surface area contributed by atoms with Gasteiger partial charge in [-0.05, 0) is 43.3 Å². The largest absolute Gasteiger partial charge is 0.355 e. The van der Waals surface area contributed by atoms with E-state index in [4.69, 9.17) is 0 Å². The van der Waals surface area contributed by atoms with Crippen molar-refractivity contribution in [3.63, 3.8) is 0 Å². The molecule has 0 bridgehead atoms. The standard InChI is InChI=1S/C18H23N3OS/c1-14-6-3-9-17(19-14)21-10-4-7-15(13-21)20(2)18(22)12-16-8-5-11-23-16/h3,5-6,8-9,11,15H,4,7,10,12-13H2,1-2H3/t15-/m0/s1. The fourth-order valence-corrected chi connectivity index (χ4v) is 3.77. The second-order valence-electron chi connectivity index (χ2n) is 6.14. The van der Waals surface area contributed by atoms with E-state index in [1.54, 1.807) is 11.3 Å². The van der Waals surface area contributed by atoms with E-state index in [-0.39, 0.29) is 11.9 Å². The summed E-state index contributed by atoms with van der Waals surface area (Å²) in [6.07, 6.45) is 2.67. The number of amides is 1. The molecule has 0 radical (unpaired) electrons. The van der Waals surface area contributed by atoms with Crippen LogP contribution < -0.4 is 4.90 Å². The minimum absolute atomic E-state index is 0.205. The van der Waals surface area contributed by atoms with Crippen molar-refractivity contribution in [2.75, 3.05) is 25.0 Å². The molecule has 0 N–H and O–H groups in total. The highest BCUT2D eigenvalue weighted by atomic mass is 32.1. The smallest absolute Gasteiger partial charge is 0.227 e. The van der Waals surface area contributed by atoms with Gasteiger partial charge < -0.3 is 9.80 Å². The van der Waals surface area contributed by atoms with Crippen molar-refractivity contribution < 1.29 is 4.79 Å². The first kappa shape index (κ1) is 16.0. The minimum Gasteiger partial charge on any atom is -0.355 e. The third-order valence-corrected chi connectivity index (χ3v) is 5.32. The van der Waals surface area contributed by atoms with E-state index in [1.807, 2.05) is 48.5 Å². The number of piperidine rings is 1. The van der Waals surface area contributed by atoms with Crippen LogP contribution in [0.2, 0.25) is 0 Å². The number of carbonyl (C=O) groups is 1. The van der Waals surface area contributed by atoms with E-state index in [0.29, 0.717) is 6.42 Å². The Morgan fingerprint density at radius 3 is 3.00 bits per heavy atom. The van der Waals surface area contributed by atoms with Gasteiger partial charge in [-0.3, -0.25) is 4.79 Å². The van der Waals surface area contributed by atoms with Gasteiger partial charge in [-0.15, -0.1) is 11.3 Å². The van der Waals surface area contributed by atoms with Gasteiger partial charge in [0.15, 0.2) is 0 Å². The Morgan fingerprint density at radius 2 is 2.26 bits per heavy atom. The lowest BCUT2D eigenvalue weighted by molar-refractivity contribution is -0.131. The first-order valence-electron chi connectivity index (χ1n) is 8.10. The zero-order valence-electron chi connectivity index (χ0n) is 13.7. The zero-order valence-corrected chi connectivity index (χ0v) is 14.6. The number of nitrogens with zero attached hydrogens (tertiary/aromatic N) is 3. The molecule has 1 saturated heterocycles. The number of hydrogen-bond donors (Lipinski definition) is 0. The van der Waals surface area contributed by atoms with Gasteiger partial charge in [0.2, 0.25) is 5.91 Å². The summed E-state index contributed by atoms with van der Waals surface area (Å²) < 4.78 is 0. The van der Waals surface area contributed by atoms with E-state index in [2.05, 4.69) is 16.0 Å². The summed E-state index contributed by atoms with van der Waals surface area (Å²) in [6.45, 7) is 3.89. The van der Waals surface area contributed by atoms with Crippen LogP contribution in [0.1, 0.15) is 23.4 Å². The first-order valence-corrected chi connectivity index (χ1v) is 8.98. The van der Waals surface area contributed by atoms with Crippen LogP contribution in [0.25, 0.3) is 0 Å². The molecule has 4 nitrogen and oxygen atoms in total. The summed E-state index contributed by atoms with van der Waals surface area (Å²) in [4.78, 5) is 22.5. The Balaban J connectivity index is 1.64. The highest BCUT2D eigenvalue weighted by molar-refractivity contribution is 7.10. The lowest BCUT2D eigenvalue weighted by Gasteiger charge is -2.38. The summed E-state index contributed by atoms with van der Waals surface area (Å²) >= 11 is 1.65. The highest BCUT2D eigenvalue weighted by Crippen LogP contribution is 2.21. The Kier molecular flexibility index (Phi) is 4.96. The number of aromatic nitrogens is 1. The third-order valence-electron chi connectivity index (χ3n) is 4.44. The Hall–Kier alpha value is -1.88. The number of likely N-dealkylation sites (N-methyl/N-ethyl adjacent to an activating group) is 1. The van der Waals surface area contributed by atoms with Crippen LogP contribution in [0.3, 0.4) is 0 Å². The molecule has 0 saturated carbocycles. The molecule has 3 rings (SSSR count). The summed E-state index contributed by atoms with van der Waals surface area (Å²) in [6, 6.07) is 10.4. The number of pyridine rings is 1. The fourth-order valence-electron chi connectivity index (χ4n) is 3.07. The SMILES string of the molecule is Cc1cccc(N2CCC[C@H](N(C)C(=O)Cc3cccs3)C2)n1. The van der Waals surface area contributed by atoms with Crippen LogP contribution in [-0.2, 0) is 11.2 Å². The van der Waals surface area contributed by atoms with Crippen LogP contribution in [0.5, 0.6) is 0 Å². The van der Waals surface area contributed by atoms with Crippen molar-refractivity contribution in [1.29, 1.82) is 0 Å². The van der Waals surface area contributed by atoms with Crippen molar-refractivity contribution in [1.82, 2.24) is 9.88 Å². The lowest BCUT2D eigenvalue weighted by Crippen LogP contribution is -2.49. The molecule has 23 heavy (non-hydrogen) atoms. The number of hydrogen-bond acceptors (Lipinski definition) is 4. The number of thiophene rings is 1. The second kappa shape index (κ2) is 7.13. The van der Waals surface area contributed by atoms with E-state index in [9.17, 15) is 4.79 Å². The predicted molar refractivity (Wildman–Crippen MR) is 95.0 cm³/mol. The summed E-state index contributed by atoms with van der Waals surface area (Å²) in [7, 11) is 1.94. The number of anilines is 1. The summed E-state index contributed by atoms with van der Waals surface area (Å²) in [5.74, 6) is 1.23. The molecule has 0 aliphatic carbocycles. The second-order valence-corrected chi connectivity index (χ2v) is 7.17. The first-order chi connectivity index (χ1) is 11.1. The van der Waals surface area contributed by atoms with Crippen LogP contribution in [0, 0.1) is 6.92 Å². The van der Waals surface area contributed by atoms with Gasteiger partial charge in [0, 0.05) is 36.8 Å². The van der Waals surface area contributed by atoms with Crippen LogP contribution >= 0.6 is 11.3 Å². The van der Waals surface area contributed by atoms with E-state index >= 15 is 0 Å². The molecule has 0 aromatic carbocycles. The monoisotopic (exact) mass is 329 g/mol. The number of carbonyl (C=O) groups excluding carboxylic acids is 1. The molecule has 1 aliphatic heterocycles. The molecule has 1 aliphatic rings. The van der Waals surface area contributed by atoms with E-state index in [1.165, 1.54) is 0 Å². The van der Waals surface area contributed by atoms with Gasteiger partial charge in [-0.25, -0.2) is 4.98 Å². The van der Waals surface area contributed by atoms with E-state index < -0.39 is 0 Å². The summed E-state index contributed by atoms with van der Waals surface area (Å²) in [5, 5.41) is 2.02. The van der Waals surface area contributed by atoms with Crippen LogP contribution in [-0.4, -0.2) is 42.0 Å². The van der Waals surface area contributed by atoms with Gasteiger partial charge in [0.05, 0.1) is 6.42 Å². The maximum absolute atomic E-state index is 12.5. The Bertz CT molecular complexity index is 656. The van der Waals surface area contributed by atoms with Crippen molar-refractivity contribution in [3.05, 3.63) is 46.3 Å². The van der Waals surface area contributed by atoms with Gasteiger partial charge in [-0.2, -0.15) is 0 Å². The van der Waals surface area contributed by atoms with Crippen LogP contribution in [0.15, 0.2) is 35.7 Å². The molecule has 2 aromatic heterocycles. The maximum Gasteiger partial charge on any atom is 0.227 e. The number of aryl methyl sites for hydroxylation is 1. The average Bonchev–Trinajstić information content (AvgIpc) is 3.07. The molecule has 1 fully saturated rings. The normalized spacial score (nSPS) is 18.0. The molecule has 2 aromatic rings. The molecular weight excluding hydrogens is 306 g/mol. The van der Waals surface area contributed by atoms with Gasteiger partial charge >= 0.3 is 0 Å². The van der Waals surface area contributed by atoms with Crippen molar-refractivity contribution in [2.45, 2.75) is 32.2 Å². The molecule has 0 unspecified atom stereocenters. The molecule has 5 heteroatoms. The van der Waals surface area contributed by atoms with Gasteiger partial charge in [0.25, 0.3) is 0 Å². The van der Waals surface area contributed by atoms with Gasteiger partial charge in [-0.1, -0.05) is 12.1 Å². The topological polar surface area (TPSA) is 36.4 Å². The Morgan fingerprint density at radius 1 is 1.39 bits per heavy atom. The zero-order chi connectivity index (χ0) is 16.2. The molecule has 1 atom stereocenters. The Labute approximate surface area is 141 Å². The third kappa shape index (κ3) is 3.91. The molecule has 3 heterocycles. The quantitative estimate of drug-likeness (QED) is 0.865. The maximum atomic E-state index is 12.5. The molecule has 122 valence electrons. The number of rotatable bonds is 4. The molecule has 0 spiro atoms. The van der Waals surface area contributed by atoms with Crippen molar-refractivity contribution in [3.8, 4) is 0 Å². The highest BCUT2D eigenvalue weighted by Gasteiger charge is 2.26. The predicted octanol–water partition coefficient (Wildman–Crippen LogP) is 3.12. The molecule has 1 amide bonds. The fraction of sp³-hybridized carbons (Fsp3) is 0.444.